The second-order valence-corrected chi connectivity index (χ2v) is 11.2. The van der Waals surface area contributed by atoms with Gasteiger partial charge >= 0.3 is 0 Å². The van der Waals surface area contributed by atoms with Gasteiger partial charge < -0.3 is 0 Å². The second-order valence-electron chi connectivity index (χ2n) is 11.2. The monoisotopic (exact) mass is 503 g/mol. The average molecular weight is 503 g/mol. The first kappa shape index (κ1) is 21.5. The van der Waals surface area contributed by atoms with Gasteiger partial charge in [0.05, 0.1) is 39.0 Å². The van der Waals surface area contributed by atoms with Crippen LogP contribution in [0.15, 0.2) is 72.8 Å². The Labute approximate surface area is 226 Å². The van der Waals surface area contributed by atoms with Crippen molar-refractivity contribution in [3.63, 3.8) is 0 Å². The first-order valence-electron chi connectivity index (χ1n) is 14.0. The highest BCUT2D eigenvalue weighted by molar-refractivity contribution is 6.97. The molecular weight excluding hydrogens is 477 g/mol. The maximum absolute atomic E-state index is 5.30. The van der Waals surface area contributed by atoms with E-state index < -0.39 is 0 Å². The largest absolute Gasteiger partial charge is 0.277 e. The molecule has 3 aromatic heterocycles. The predicted molar refractivity (Wildman–Crippen MR) is 160 cm³/mol. The molecule has 1 aliphatic heterocycles. The molecular formula is C33H26BN5. The quantitative estimate of drug-likeness (QED) is 0.305. The molecule has 0 atom stereocenters. The molecule has 0 N–H and O–H groups in total. The van der Waals surface area contributed by atoms with Crippen LogP contribution >= 0.6 is 0 Å². The van der Waals surface area contributed by atoms with E-state index in [1.54, 1.807) is 0 Å². The zero-order valence-electron chi connectivity index (χ0n) is 22.1. The third kappa shape index (κ3) is 2.73. The molecule has 2 aliphatic rings. The Balaban J connectivity index is 1.53. The van der Waals surface area contributed by atoms with Gasteiger partial charge in [-0.1, -0.05) is 60.1 Å². The van der Waals surface area contributed by atoms with E-state index >= 15 is 0 Å². The van der Waals surface area contributed by atoms with Crippen LogP contribution in [0, 0.1) is 13.8 Å². The van der Waals surface area contributed by atoms with Gasteiger partial charge in [0, 0.05) is 5.39 Å². The highest BCUT2D eigenvalue weighted by Gasteiger charge is 2.38. The van der Waals surface area contributed by atoms with Gasteiger partial charge in [0.25, 0.3) is 6.71 Å². The minimum Gasteiger partial charge on any atom is -0.277 e. The van der Waals surface area contributed by atoms with Crippen molar-refractivity contribution >= 4 is 61.8 Å². The molecule has 0 unspecified atom stereocenters. The lowest BCUT2D eigenvalue weighted by atomic mass is 9.36. The molecule has 1 aliphatic carbocycles. The molecule has 9 rings (SSSR count). The van der Waals surface area contributed by atoms with Crippen LogP contribution in [0.25, 0.3) is 44.4 Å². The summed E-state index contributed by atoms with van der Waals surface area (Å²) in [7, 11) is 0. The van der Waals surface area contributed by atoms with Gasteiger partial charge in [0.1, 0.15) is 0 Å². The molecule has 39 heavy (non-hydrogen) atoms. The van der Waals surface area contributed by atoms with E-state index in [0.717, 1.165) is 52.5 Å². The minimum absolute atomic E-state index is 0.0273. The molecule has 0 saturated heterocycles. The van der Waals surface area contributed by atoms with Gasteiger partial charge in [-0.2, -0.15) is 0 Å². The maximum Gasteiger partial charge on any atom is 0.272 e. The zero-order chi connectivity index (χ0) is 25.8. The molecule has 0 amide bonds. The van der Waals surface area contributed by atoms with Gasteiger partial charge in [0.2, 0.25) is 5.78 Å². The summed E-state index contributed by atoms with van der Waals surface area (Å²) in [5, 5.41) is 2.49. The summed E-state index contributed by atoms with van der Waals surface area (Å²) in [5.74, 6) is 1.79. The van der Waals surface area contributed by atoms with Crippen molar-refractivity contribution in [3.8, 4) is 5.82 Å². The third-order valence-electron chi connectivity index (χ3n) is 9.09. The molecule has 0 fully saturated rings. The van der Waals surface area contributed by atoms with Crippen LogP contribution in [-0.2, 0) is 12.8 Å². The van der Waals surface area contributed by atoms with E-state index in [4.69, 9.17) is 15.0 Å². The van der Waals surface area contributed by atoms with Crippen LogP contribution in [-0.4, -0.2) is 30.6 Å². The standard InChI is InChI=1S/C33H26BN5/c1-19-20(2)36-32-31(35-19)34(24-13-7-10-21-9-3-4-12-23(21)24)25-18-17-22-11-8-16-28-29(22)30(25)39(32)33-37-26-14-5-6-15-27(26)38(28)33/h5-8,10-11,13-18H,3-4,9,12H2,1-2H3. The van der Waals surface area contributed by atoms with Crippen molar-refractivity contribution in [2.75, 3.05) is 0 Å². The fourth-order valence-electron chi connectivity index (χ4n) is 7.23. The molecule has 6 heteroatoms. The number of aryl methyl sites for hydroxylation is 3. The summed E-state index contributed by atoms with van der Waals surface area (Å²) in [6, 6.07) is 26.6. The number of para-hydroxylation sites is 2. The maximum atomic E-state index is 5.30. The van der Waals surface area contributed by atoms with E-state index in [0.29, 0.717) is 0 Å². The van der Waals surface area contributed by atoms with Crippen LogP contribution in [0.2, 0.25) is 0 Å². The molecule has 0 spiro atoms. The fraction of sp³-hybridized carbons (Fsp3) is 0.182. The normalized spacial score (nSPS) is 14.5. The summed E-state index contributed by atoms with van der Waals surface area (Å²) >= 11 is 0. The van der Waals surface area contributed by atoms with Crippen molar-refractivity contribution in [3.05, 3.63) is 95.3 Å². The number of benzene rings is 4. The Kier molecular flexibility index (Phi) is 4.17. The van der Waals surface area contributed by atoms with Crippen LogP contribution in [0.5, 0.6) is 0 Å². The van der Waals surface area contributed by atoms with Crippen LogP contribution in [0.1, 0.15) is 35.4 Å². The molecule has 0 saturated carbocycles. The van der Waals surface area contributed by atoms with Crippen LogP contribution in [0.4, 0.5) is 0 Å². The topological polar surface area (TPSA) is 48.0 Å². The first-order chi connectivity index (χ1) is 19.2. The number of rotatable bonds is 1. The smallest absolute Gasteiger partial charge is 0.272 e. The number of imidazole rings is 1. The lowest BCUT2D eigenvalue weighted by Crippen LogP contribution is -2.59. The highest BCUT2D eigenvalue weighted by atomic mass is 15.2. The number of nitrogens with zero attached hydrogens (tertiary/aromatic N) is 5. The summed E-state index contributed by atoms with van der Waals surface area (Å²) in [4.78, 5) is 15.8. The van der Waals surface area contributed by atoms with Gasteiger partial charge in [0.15, 0.2) is 5.82 Å². The number of aromatic nitrogens is 5. The van der Waals surface area contributed by atoms with E-state index in [2.05, 4.69) is 95.6 Å². The highest BCUT2D eigenvalue weighted by Crippen LogP contribution is 2.34. The average Bonchev–Trinajstić information content (AvgIpc) is 3.36. The Morgan fingerprint density at radius 1 is 0.718 bits per heavy atom. The van der Waals surface area contributed by atoms with Crippen molar-refractivity contribution in [2.45, 2.75) is 39.5 Å². The zero-order valence-corrected chi connectivity index (χ0v) is 22.1. The number of hydrogen-bond acceptors (Lipinski definition) is 3. The fourth-order valence-corrected chi connectivity index (χ4v) is 7.23. The Morgan fingerprint density at radius 3 is 2.49 bits per heavy atom. The predicted octanol–water partition coefficient (Wildman–Crippen LogP) is 4.70. The summed E-state index contributed by atoms with van der Waals surface area (Å²) < 4.78 is 4.60. The SMILES string of the molecule is Cc1nc2c(nc1C)-n1c3c(ccc4cccc(c43)n3c4ccccc4nc13)B2c1cccc2c1CCCC2. The third-order valence-corrected chi connectivity index (χ3v) is 9.09. The molecule has 186 valence electrons. The van der Waals surface area contributed by atoms with Gasteiger partial charge in [-0.3, -0.25) is 14.0 Å². The Morgan fingerprint density at radius 2 is 1.54 bits per heavy atom. The van der Waals surface area contributed by atoms with Gasteiger partial charge in [-0.25, -0.2) is 9.97 Å². The van der Waals surface area contributed by atoms with Crippen LogP contribution in [0.3, 0.4) is 0 Å². The lowest BCUT2D eigenvalue weighted by Gasteiger charge is -2.31. The first-order valence-corrected chi connectivity index (χ1v) is 14.0. The van der Waals surface area contributed by atoms with E-state index in [-0.39, 0.29) is 6.71 Å². The van der Waals surface area contributed by atoms with Crippen molar-refractivity contribution in [1.82, 2.24) is 23.9 Å². The minimum atomic E-state index is 0.0273. The van der Waals surface area contributed by atoms with Crippen molar-refractivity contribution < 1.29 is 0 Å². The molecule has 0 radical (unpaired) electrons. The Bertz CT molecular complexity index is 2170. The van der Waals surface area contributed by atoms with E-state index in [9.17, 15) is 0 Å². The molecule has 5 nitrogen and oxygen atoms in total. The molecule has 0 bridgehead atoms. The molecule has 4 aromatic carbocycles. The summed E-state index contributed by atoms with van der Waals surface area (Å²) in [6.45, 7) is 4.18. The lowest BCUT2D eigenvalue weighted by molar-refractivity contribution is 0.688. The molecule has 4 heterocycles. The van der Waals surface area contributed by atoms with Crippen molar-refractivity contribution in [2.24, 2.45) is 0 Å². The summed E-state index contributed by atoms with van der Waals surface area (Å²) in [5.41, 5.74) is 13.1. The van der Waals surface area contributed by atoms with Gasteiger partial charge in [-0.05, 0) is 79.7 Å². The van der Waals surface area contributed by atoms with Crippen molar-refractivity contribution in [1.29, 1.82) is 0 Å². The Hall–Kier alpha value is -4.45. The second kappa shape index (κ2) is 7.57. The summed E-state index contributed by atoms with van der Waals surface area (Å²) in [6.07, 6.45) is 4.80. The number of fused-ring (bicyclic) bond motifs is 8. The number of hydrogen-bond donors (Lipinski definition) is 0. The van der Waals surface area contributed by atoms with E-state index in [1.165, 1.54) is 56.7 Å². The van der Waals surface area contributed by atoms with Gasteiger partial charge in [-0.15, -0.1) is 0 Å². The van der Waals surface area contributed by atoms with Crippen LogP contribution < -0.4 is 16.5 Å². The molecule has 7 aromatic rings. The van der Waals surface area contributed by atoms with E-state index in [1.807, 2.05) is 0 Å².